The molecule has 1 fully saturated rings. The SMILES string of the molecule is O=C(O)c1nnn(-c2ccc(Br)cc2)c1[C@H]1CCCO1. The molecule has 0 aliphatic carbocycles. The summed E-state index contributed by atoms with van der Waals surface area (Å²) in [5.74, 6) is -1.08. The second-order valence-corrected chi connectivity index (χ2v) is 5.43. The molecule has 1 aliphatic heterocycles. The van der Waals surface area contributed by atoms with Crippen LogP contribution in [0.5, 0.6) is 0 Å². The van der Waals surface area contributed by atoms with Crippen molar-refractivity contribution in [2.24, 2.45) is 0 Å². The molecule has 6 nitrogen and oxygen atoms in total. The fourth-order valence-electron chi connectivity index (χ4n) is 2.30. The Morgan fingerprint density at radius 1 is 1.40 bits per heavy atom. The minimum Gasteiger partial charge on any atom is -0.476 e. The number of carboxylic acid groups (broad SMARTS) is 1. The lowest BCUT2D eigenvalue weighted by Crippen LogP contribution is -2.11. The van der Waals surface area contributed by atoms with Gasteiger partial charge in [-0.1, -0.05) is 21.1 Å². The van der Waals surface area contributed by atoms with Gasteiger partial charge < -0.3 is 9.84 Å². The van der Waals surface area contributed by atoms with E-state index in [1.807, 2.05) is 24.3 Å². The third kappa shape index (κ3) is 2.34. The van der Waals surface area contributed by atoms with Gasteiger partial charge in [0.25, 0.3) is 0 Å². The lowest BCUT2D eigenvalue weighted by Gasteiger charge is -2.12. The molecule has 3 rings (SSSR count). The zero-order valence-electron chi connectivity index (χ0n) is 10.5. The Bertz CT molecular complexity index is 633. The first kappa shape index (κ1) is 13.3. The Morgan fingerprint density at radius 2 is 2.15 bits per heavy atom. The normalized spacial score (nSPS) is 18.4. The summed E-state index contributed by atoms with van der Waals surface area (Å²) in [6, 6.07) is 7.44. The summed E-state index contributed by atoms with van der Waals surface area (Å²) >= 11 is 3.37. The van der Waals surface area contributed by atoms with Crippen molar-refractivity contribution in [3.63, 3.8) is 0 Å². The standard InChI is InChI=1S/C13H12BrN3O3/c14-8-3-5-9(6-4-8)17-12(10-2-1-7-20-10)11(13(18)19)15-16-17/h3-6,10H,1-2,7H2,(H,18,19)/t10-/m1/s1. The maximum absolute atomic E-state index is 11.3. The van der Waals surface area contributed by atoms with E-state index in [-0.39, 0.29) is 11.8 Å². The van der Waals surface area contributed by atoms with Gasteiger partial charge in [-0.2, -0.15) is 0 Å². The molecule has 1 aromatic heterocycles. The molecule has 0 spiro atoms. The van der Waals surface area contributed by atoms with Crippen LogP contribution < -0.4 is 0 Å². The highest BCUT2D eigenvalue weighted by atomic mass is 79.9. The van der Waals surface area contributed by atoms with Crippen molar-refractivity contribution >= 4 is 21.9 Å². The van der Waals surface area contributed by atoms with Crippen molar-refractivity contribution in [3.05, 3.63) is 40.1 Å². The summed E-state index contributed by atoms with van der Waals surface area (Å²) in [4.78, 5) is 11.3. The average molecular weight is 338 g/mol. The number of rotatable bonds is 3. The second kappa shape index (κ2) is 5.34. The van der Waals surface area contributed by atoms with E-state index in [1.54, 1.807) is 4.68 Å². The highest BCUT2D eigenvalue weighted by Gasteiger charge is 2.30. The number of nitrogens with zero attached hydrogens (tertiary/aromatic N) is 3. The summed E-state index contributed by atoms with van der Waals surface area (Å²) in [7, 11) is 0. The third-order valence-electron chi connectivity index (χ3n) is 3.21. The molecule has 0 bridgehead atoms. The fraction of sp³-hybridized carbons (Fsp3) is 0.308. The molecule has 2 aromatic rings. The predicted molar refractivity (Wildman–Crippen MR) is 73.9 cm³/mol. The van der Waals surface area contributed by atoms with Gasteiger partial charge in [-0.25, -0.2) is 9.48 Å². The van der Waals surface area contributed by atoms with Crippen LogP contribution in [-0.4, -0.2) is 32.7 Å². The largest absolute Gasteiger partial charge is 0.476 e. The number of aromatic nitrogens is 3. The van der Waals surface area contributed by atoms with E-state index >= 15 is 0 Å². The molecule has 2 heterocycles. The van der Waals surface area contributed by atoms with E-state index in [2.05, 4.69) is 26.2 Å². The van der Waals surface area contributed by atoms with Crippen LogP contribution >= 0.6 is 15.9 Å². The van der Waals surface area contributed by atoms with Gasteiger partial charge in [0, 0.05) is 11.1 Å². The topological polar surface area (TPSA) is 77.2 Å². The molecule has 1 N–H and O–H groups in total. The van der Waals surface area contributed by atoms with Crippen molar-refractivity contribution in [2.75, 3.05) is 6.61 Å². The second-order valence-electron chi connectivity index (χ2n) is 4.52. The molecule has 1 aromatic carbocycles. The summed E-state index contributed by atoms with van der Waals surface area (Å²) in [5, 5.41) is 17.0. The van der Waals surface area contributed by atoms with Crippen LogP contribution in [0.3, 0.4) is 0 Å². The third-order valence-corrected chi connectivity index (χ3v) is 3.74. The maximum Gasteiger partial charge on any atom is 0.358 e. The van der Waals surface area contributed by atoms with Gasteiger partial charge in [-0.3, -0.25) is 0 Å². The van der Waals surface area contributed by atoms with Crippen molar-refractivity contribution in [1.29, 1.82) is 0 Å². The Balaban J connectivity index is 2.10. The quantitative estimate of drug-likeness (QED) is 0.931. The fourth-order valence-corrected chi connectivity index (χ4v) is 2.56. The first-order valence-electron chi connectivity index (χ1n) is 6.23. The van der Waals surface area contributed by atoms with Crippen LogP contribution in [0.1, 0.15) is 35.1 Å². The van der Waals surface area contributed by atoms with Gasteiger partial charge in [-0.15, -0.1) is 5.10 Å². The molecule has 0 saturated carbocycles. The number of hydrogen-bond donors (Lipinski definition) is 1. The van der Waals surface area contributed by atoms with E-state index in [0.717, 1.165) is 23.0 Å². The number of benzene rings is 1. The van der Waals surface area contributed by atoms with Crippen molar-refractivity contribution in [3.8, 4) is 5.69 Å². The minimum absolute atomic E-state index is 0.0418. The average Bonchev–Trinajstić information content (AvgIpc) is 3.08. The molecule has 0 radical (unpaired) electrons. The number of ether oxygens (including phenoxy) is 1. The van der Waals surface area contributed by atoms with E-state index < -0.39 is 5.97 Å². The number of halogens is 1. The highest BCUT2D eigenvalue weighted by molar-refractivity contribution is 9.10. The Hall–Kier alpha value is -1.73. The van der Waals surface area contributed by atoms with E-state index in [4.69, 9.17) is 4.74 Å². The summed E-state index contributed by atoms with van der Waals surface area (Å²) in [5.41, 5.74) is 1.23. The molecule has 20 heavy (non-hydrogen) atoms. The number of carboxylic acids is 1. The number of carbonyl (C=O) groups is 1. The maximum atomic E-state index is 11.3. The van der Waals surface area contributed by atoms with Gasteiger partial charge in [-0.05, 0) is 37.1 Å². The molecule has 1 saturated heterocycles. The molecule has 0 unspecified atom stereocenters. The molecular weight excluding hydrogens is 326 g/mol. The lowest BCUT2D eigenvalue weighted by atomic mass is 10.1. The minimum atomic E-state index is -1.08. The summed E-state index contributed by atoms with van der Waals surface area (Å²) in [6.45, 7) is 0.634. The van der Waals surface area contributed by atoms with Gasteiger partial charge in [0.05, 0.1) is 5.69 Å². The molecule has 0 amide bonds. The van der Waals surface area contributed by atoms with Crippen LogP contribution in [0, 0.1) is 0 Å². The van der Waals surface area contributed by atoms with Crippen LogP contribution in [0.25, 0.3) is 5.69 Å². The molecule has 7 heteroatoms. The van der Waals surface area contributed by atoms with E-state index in [9.17, 15) is 9.90 Å². The van der Waals surface area contributed by atoms with Crippen LogP contribution in [0.15, 0.2) is 28.7 Å². The Morgan fingerprint density at radius 3 is 2.75 bits per heavy atom. The zero-order valence-corrected chi connectivity index (χ0v) is 12.1. The van der Waals surface area contributed by atoms with E-state index in [1.165, 1.54) is 0 Å². The number of aromatic carboxylic acids is 1. The highest BCUT2D eigenvalue weighted by Crippen LogP contribution is 2.31. The molecular formula is C13H12BrN3O3. The molecule has 1 atom stereocenters. The van der Waals surface area contributed by atoms with Crippen LogP contribution in [0.4, 0.5) is 0 Å². The van der Waals surface area contributed by atoms with Crippen LogP contribution in [0.2, 0.25) is 0 Å². The predicted octanol–water partition coefficient (Wildman–Crippen LogP) is 2.58. The van der Waals surface area contributed by atoms with Gasteiger partial charge in [0.15, 0.2) is 5.69 Å². The Kier molecular flexibility index (Phi) is 3.54. The monoisotopic (exact) mass is 337 g/mol. The summed E-state index contributed by atoms with van der Waals surface area (Å²) in [6.07, 6.45) is 1.43. The van der Waals surface area contributed by atoms with Crippen molar-refractivity contribution in [2.45, 2.75) is 18.9 Å². The van der Waals surface area contributed by atoms with Crippen molar-refractivity contribution in [1.82, 2.24) is 15.0 Å². The number of hydrogen-bond acceptors (Lipinski definition) is 4. The smallest absolute Gasteiger partial charge is 0.358 e. The van der Waals surface area contributed by atoms with Gasteiger partial charge >= 0.3 is 5.97 Å². The van der Waals surface area contributed by atoms with Gasteiger partial charge in [0.2, 0.25) is 0 Å². The summed E-state index contributed by atoms with van der Waals surface area (Å²) < 4.78 is 8.09. The van der Waals surface area contributed by atoms with Crippen molar-refractivity contribution < 1.29 is 14.6 Å². The van der Waals surface area contributed by atoms with Gasteiger partial charge in [0.1, 0.15) is 11.8 Å². The first-order valence-corrected chi connectivity index (χ1v) is 7.02. The van der Waals surface area contributed by atoms with E-state index in [0.29, 0.717) is 12.3 Å². The zero-order chi connectivity index (χ0) is 14.1. The van der Waals surface area contributed by atoms with Crippen LogP contribution in [-0.2, 0) is 4.74 Å². The first-order chi connectivity index (χ1) is 9.66. The molecule has 104 valence electrons. The molecule has 1 aliphatic rings. The lowest BCUT2D eigenvalue weighted by molar-refractivity contribution is 0.0673. The Labute approximate surface area is 123 Å².